The van der Waals surface area contributed by atoms with Gasteiger partial charge in [0.15, 0.2) is 30.9 Å². The summed E-state index contributed by atoms with van der Waals surface area (Å²) < 4.78 is 37.0. The van der Waals surface area contributed by atoms with Gasteiger partial charge in [0.1, 0.15) is 37.1 Å². The lowest BCUT2D eigenvalue weighted by atomic mass is 9.97. The molecule has 2 fully saturated rings. The first-order chi connectivity index (χ1) is 16.3. The van der Waals surface area contributed by atoms with E-state index in [2.05, 4.69) is 0 Å². The summed E-state index contributed by atoms with van der Waals surface area (Å²) in [6, 6.07) is 0. The third-order valence-corrected chi connectivity index (χ3v) is 5.06. The zero-order chi connectivity index (χ0) is 26.4. The summed E-state index contributed by atoms with van der Waals surface area (Å²) in [7, 11) is 0. The van der Waals surface area contributed by atoms with Crippen molar-refractivity contribution in [2.75, 3.05) is 13.2 Å². The number of rotatable bonds is 8. The molecule has 0 radical (unpaired) electrons. The van der Waals surface area contributed by atoms with E-state index < -0.39 is 98.5 Å². The number of ether oxygens (including phenoxy) is 7. The SMILES string of the molecule is CC(=O)OC[C@H]1O[C@H](OC[C@H]2O[C@H](O)[C@@H](O)[C@@H](O)[C@@H]2O)[C@@H](OC(C)=O)[C@@H](OC(C)=O)[C@@H]1OC(C)=O. The normalized spacial score (nSPS) is 37.1. The highest BCUT2D eigenvalue weighted by Gasteiger charge is 2.53. The van der Waals surface area contributed by atoms with Gasteiger partial charge in [-0.2, -0.15) is 0 Å². The molecule has 4 N–H and O–H groups in total. The van der Waals surface area contributed by atoms with E-state index in [1.54, 1.807) is 0 Å². The molecule has 35 heavy (non-hydrogen) atoms. The van der Waals surface area contributed by atoms with E-state index in [1.807, 2.05) is 0 Å². The monoisotopic (exact) mass is 510 g/mol. The van der Waals surface area contributed by atoms with Gasteiger partial charge in [0, 0.05) is 27.7 Å². The predicted molar refractivity (Wildman–Crippen MR) is 107 cm³/mol. The van der Waals surface area contributed by atoms with Crippen molar-refractivity contribution >= 4 is 23.9 Å². The van der Waals surface area contributed by atoms with Crippen molar-refractivity contribution in [3.63, 3.8) is 0 Å². The van der Waals surface area contributed by atoms with Crippen LogP contribution >= 0.6 is 0 Å². The van der Waals surface area contributed by atoms with Gasteiger partial charge in [-0.1, -0.05) is 0 Å². The maximum atomic E-state index is 11.8. The van der Waals surface area contributed by atoms with E-state index in [-0.39, 0.29) is 0 Å². The number of carbonyl (C=O) groups excluding carboxylic acids is 4. The molecule has 0 spiro atoms. The van der Waals surface area contributed by atoms with E-state index in [0.29, 0.717) is 0 Å². The van der Waals surface area contributed by atoms with Crippen molar-refractivity contribution in [3.05, 3.63) is 0 Å². The third kappa shape index (κ3) is 7.79. The lowest BCUT2D eigenvalue weighted by molar-refractivity contribution is -0.328. The average Bonchev–Trinajstić information content (AvgIpc) is 2.75. The fourth-order valence-electron chi connectivity index (χ4n) is 3.58. The number of aliphatic hydroxyl groups excluding tert-OH is 4. The molecule has 2 aliphatic heterocycles. The molecule has 0 unspecified atom stereocenters. The summed E-state index contributed by atoms with van der Waals surface area (Å²) in [6.07, 6.45) is -15.6. The van der Waals surface area contributed by atoms with Crippen LogP contribution in [0.15, 0.2) is 0 Å². The predicted octanol–water partition coefficient (Wildman–Crippen LogP) is -3.11. The molecule has 0 aliphatic carbocycles. The first kappa shape index (κ1) is 28.8. The van der Waals surface area contributed by atoms with E-state index >= 15 is 0 Å². The van der Waals surface area contributed by atoms with Gasteiger partial charge >= 0.3 is 23.9 Å². The molecule has 2 rings (SSSR count). The molecule has 2 heterocycles. The molecule has 10 atom stereocenters. The first-order valence-corrected chi connectivity index (χ1v) is 10.6. The standard InChI is InChI=1S/C20H30O15/c1-7(21)29-6-12-16(31-8(2)22)17(32-9(3)23)18(33-10(4)24)20(35-12)30-5-11-13(25)14(26)15(27)19(28)34-11/h11-20,25-28H,5-6H2,1-4H3/t11-,12-,13-,14+,15+,16-,17+,18+,19+,20+/m1/s1. The molecule has 15 heteroatoms. The largest absolute Gasteiger partial charge is 0.463 e. The molecule has 2 saturated heterocycles. The van der Waals surface area contributed by atoms with Crippen LogP contribution in [0.4, 0.5) is 0 Å². The number of hydrogen-bond acceptors (Lipinski definition) is 15. The minimum absolute atomic E-state index is 0.468. The second-order valence-corrected chi connectivity index (χ2v) is 7.94. The highest BCUT2D eigenvalue weighted by molar-refractivity contribution is 5.68. The first-order valence-electron chi connectivity index (χ1n) is 10.6. The molecule has 0 bridgehead atoms. The Bertz CT molecular complexity index is 772. The summed E-state index contributed by atoms with van der Waals surface area (Å²) in [4.78, 5) is 46.6. The fourth-order valence-corrected chi connectivity index (χ4v) is 3.58. The van der Waals surface area contributed by atoms with Gasteiger partial charge < -0.3 is 53.6 Å². The Balaban J connectivity index is 2.32. The average molecular weight is 510 g/mol. The van der Waals surface area contributed by atoms with Crippen molar-refractivity contribution in [3.8, 4) is 0 Å². The molecule has 200 valence electrons. The molecule has 0 saturated carbocycles. The Morgan fingerprint density at radius 3 is 1.71 bits per heavy atom. The quantitative estimate of drug-likeness (QED) is 0.188. The van der Waals surface area contributed by atoms with Crippen molar-refractivity contribution in [2.45, 2.75) is 89.1 Å². The Labute approximate surface area is 199 Å². The van der Waals surface area contributed by atoms with E-state index in [1.165, 1.54) is 0 Å². The van der Waals surface area contributed by atoms with Crippen LogP contribution in [0.2, 0.25) is 0 Å². The number of carbonyl (C=O) groups is 4. The molecule has 0 aromatic heterocycles. The summed E-state index contributed by atoms with van der Waals surface area (Å²) >= 11 is 0. The second-order valence-electron chi connectivity index (χ2n) is 7.94. The zero-order valence-corrected chi connectivity index (χ0v) is 19.5. The number of esters is 4. The topological polar surface area (TPSA) is 214 Å². The Hall–Kier alpha value is -2.40. The highest BCUT2D eigenvalue weighted by atomic mass is 16.7. The molecule has 0 aromatic carbocycles. The lowest BCUT2D eigenvalue weighted by Gasteiger charge is -2.45. The van der Waals surface area contributed by atoms with Crippen LogP contribution in [-0.2, 0) is 52.3 Å². The van der Waals surface area contributed by atoms with Crippen LogP contribution in [0, 0.1) is 0 Å². The number of hydrogen-bond donors (Lipinski definition) is 4. The van der Waals surface area contributed by atoms with E-state index in [4.69, 9.17) is 33.2 Å². The van der Waals surface area contributed by atoms with Crippen LogP contribution in [0.3, 0.4) is 0 Å². The van der Waals surface area contributed by atoms with Crippen molar-refractivity contribution < 1.29 is 72.8 Å². The molecular weight excluding hydrogens is 480 g/mol. The summed E-state index contributed by atoms with van der Waals surface area (Å²) in [6.45, 7) is 3.26. The summed E-state index contributed by atoms with van der Waals surface area (Å²) in [5.41, 5.74) is 0. The van der Waals surface area contributed by atoms with E-state index in [9.17, 15) is 39.6 Å². The van der Waals surface area contributed by atoms with Crippen LogP contribution in [0.5, 0.6) is 0 Å². The maximum Gasteiger partial charge on any atom is 0.303 e. The minimum atomic E-state index is -1.84. The molecular formula is C20H30O15. The van der Waals surface area contributed by atoms with Crippen LogP contribution in [-0.4, -0.2) is 119 Å². The van der Waals surface area contributed by atoms with E-state index in [0.717, 1.165) is 27.7 Å². The third-order valence-electron chi connectivity index (χ3n) is 5.06. The maximum absolute atomic E-state index is 11.8. The van der Waals surface area contributed by atoms with Crippen molar-refractivity contribution in [1.29, 1.82) is 0 Å². The summed E-state index contributed by atoms with van der Waals surface area (Å²) in [5.74, 6) is -3.17. The second kappa shape index (κ2) is 12.5. The van der Waals surface area contributed by atoms with Crippen LogP contribution in [0.25, 0.3) is 0 Å². The zero-order valence-electron chi connectivity index (χ0n) is 19.5. The molecule has 0 aromatic rings. The lowest BCUT2D eigenvalue weighted by Crippen LogP contribution is -2.64. The molecule has 15 nitrogen and oxygen atoms in total. The Morgan fingerprint density at radius 1 is 0.629 bits per heavy atom. The minimum Gasteiger partial charge on any atom is -0.463 e. The van der Waals surface area contributed by atoms with Gasteiger partial charge in [-0.05, 0) is 0 Å². The van der Waals surface area contributed by atoms with Gasteiger partial charge in [-0.25, -0.2) is 0 Å². The van der Waals surface area contributed by atoms with Crippen LogP contribution in [0.1, 0.15) is 27.7 Å². The van der Waals surface area contributed by atoms with Gasteiger partial charge in [0.25, 0.3) is 0 Å². The Morgan fingerprint density at radius 2 is 1.17 bits per heavy atom. The number of aliphatic hydroxyl groups is 4. The van der Waals surface area contributed by atoms with Gasteiger partial charge in [-0.3, -0.25) is 19.2 Å². The fraction of sp³-hybridized carbons (Fsp3) is 0.800. The van der Waals surface area contributed by atoms with Crippen LogP contribution < -0.4 is 0 Å². The van der Waals surface area contributed by atoms with Gasteiger partial charge in [0.05, 0.1) is 6.61 Å². The summed E-state index contributed by atoms with van der Waals surface area (Å²) in [5, 5.41) is 39.3. The highest BCUT2D eigenvalue weighted by Crippen LogP contribution is 2.31. The van der Waals surface area contributed by atoms with Crippen molar-refractivity contribution in [1.82, 2.24) is 0 Å². The molecule has 2 aliphatic rings. The smallest absolute Gasteiger partial charge is 0.303 e. The van der Waals surface area contributed by atoms with Gasteiger partial charge in [-0.15, -0.1) is 0 Å². The Kier molecular flexibility index (Phi) is 10.3. The van der Waals surface area contributed by atoms with Crippen molar-refractivity contribution in [2.24, 2.45) is 0 Å². The molecule has 0 amide bonds. The van der Waals surface area contributed by atoms with Gasteiger partial charge in [0.2, 0.25) is 0 Å².